The van der Waals surface area contributed by atoms with E-state index in [1.165, 1.54) is 25.0 Å². The summed E-state index contributed by atoms with van der Waals surface area (Å²) in [5, 5.41) is 0.218. The Balaban J connectivity index is 2.09. The third kappa shape index (κ3) is 2.57. The van der Waals surface area contributed by atoms with Crippen LogP contribution in [-0.4, -0.2) is 5.78 Å². The Morgan fingerprint density at radius 3 is 2.80 bits per heavy atom. The van der Waals surface area contributed by atoms with Gasteiger partial charge in [0.1, 0.15) is 5.82 Å². The highest BCUT2D eigenvalue weighted by Crippen LogP contribution is 2.34. The van der Waals surface area contributed by atoms with Crippen LogP contribution < -0.4 is 0 Å². The lowest BCUT2D eigenvalue weighted by atomic mass is 10.0. The Kier molecular flexibility index (Phi) is 3.06. The average Bonchev–Trinajstić information content (AvgIpc) is 2.97. The Hall–Kier alpha value is -0.890. The SMILES string of the molecule is O=C(CCC1CC1)c1c(F)cccc1Cl. The van der Waals surface area contributed by atoms with E-state index in [0.29, 0.717) is 12.3 Å². The summed E-state index contributed by atoms with van der Waals surface area (Å²) in [6, 6.07) is 4.33. The first kappa shape index (κ1) is 10.6. The molecule has 1 fully saturated rings. The molecule has 0 unspecified atom stereocenters. The van der Waals surface area contributed by atoms with E-state index in [0.717, 1.165) is 6.42 Å². The summed E-state index contributed by atoms with van der Waals surface area (Å²) in [6.07, 6.45) is 3.69. The first-order valence-corrected chi connectivity index (χ1v) is 5.53. The van der Waals surface area contributed by atoms with Crippen LogP contribution in [0.25, 0.3) is 0 Å². The predicted octanol–water partition coefficient (Wildman–Crippen LogP) is 3.85. The molecule has 1 aliphatic rings. The minimum absolute atomic E-state index is 0.0554. The van der Waals surface area contributed by atoms with Gasteiger partial charge in [-0.15, -0.1) is 0 Å². The molecule has 0 radical (unpaired) electrons. The number of rotatable bonds is 4. The van der Waals surface area contributed by atoms with Gasteiger partial charge in [0.05, 0.1) is 10.6 Å². The van der Waals surface area contributed by atoms with Crippen molar-refractivity contribution in [2.24, 2.45) is 5.92 Å². The van der Waals surface area contributed by atoms with E-state index >= 15 is 0 Å². The van der Waals surface area contributed by atoms with Gasteiger partial charge in [0.15, 0.2) is 5.78 Å². The number of ketones is 1. The van der Waals surface area contributed by atoms with Gasteiger partial charge >= 0.3 is 0 Å². The van der Waals surface area contributed by atoms with Crippen molar-refractivity contribution < 1.29 is 9.18 Å². The fraction of sp³-hybridized carbons (Fsp3) is 0.417. The molecular weight excluding hydrogens is 215 g/mol. The second kappa shape index (κ2) is 4.31. The Morgan fingerprint density at radius 2 is 2.20 bits per heavy atom. The predicted molar refractivity (Wildman–Crippen MR) is 57.7 cm³/mol. The summed E-state index contributed by atoms with van der Waals surface area (Å²) in [4.78, 5) is 11.7. The maximum absolute atomic E-state index is 13.3. The number of benzene rings is 1. The van der Waals surface area contributed by atoms with Crippen molar-refractivity contribution in [2.75, 3.05) is 0 Å². The van der Waals surface area contributed by atoms with E-state index in [1.54, 1.807) is 6.07 Å². The van der Waals surface area contributed by atoms with E-state index < -0.39 is 5.82 Å². The molecule has 1 aliphatic carbocycles. The number of hydrogen-bond donors (Lipinski definition) is 0. The molecular formula is C12H12ClFO. The highest BCUT2D eigenvalue weighted by molar-refractivity contribution is 6.34. The summed E-state index contributed by atoms with van der Waals surface area (Å²) in [6.45, 7) is 0. The van der Waals surface area contributed by atoms with Gasteiger partial charge in [0, 0.05) is 6.42 Å². The summed E-state index contributed by atoms with van der Waals surface area (Å²) >= 11 is 5.79. The molecule has 1 aromatic carbocycles. The van der Waals surface area contributed by atoms with E-state index in [9.17, 15) is 9.18 Å². The molecule has 0 atom stereocenters. The minimum Gasteiger partial charge on any atom is -0.294 e. The van der Waals surface area contributed by atoms with Gasteiger partial charge in [-0.3, -0.25) is 4.79 Å². The van der Waals surface area contributed by atoms with Crippen LogP contribution >= 0.6 is 11.6 Å². The number of carbonyl (C=O) groups excluding carboxylic acids is 1. The molecule has 2 rings (SSSR count). The highest BCUT2D eigenvalue weighted by atomic mass is 35.5. The van der Waals surface area contributed by atoms with Crippen LogP contribution in [0.15, 0.2) is 18.2 Å². The lowest BCUT2D eigenvalue weighted by molar-refractivity contribution is 0.0974. The van der Waals surface area contributed by atoms with E-state index in [4.69, 9.17) is 11.6 Å². The molecule has 0 N–H and O–H groups in total. The molecule has 15 heavy (non-hydrogen) atoms. The largest absolute Gasteiger partial charge is 0.294 e. The molecule has 0 bridgehead atoms. The van der Waals surface area contributed by atoms with Crippen molar-refractivity contribution >= 4 is 17.4 Å². The topological polar surface area (TPSA) is 17.1 Å². The second-order valence-corrected chi connectivity index (χ2v) is 4.41. The van der Waals surface area contributed by atoms with Gasteiger partial charge in [-0.25, -0.2) is 4.39 Å². The molecule has 1 saturated carbocycles. The van der Waals surface area contributed by atoms with Gasteiger partial charge in [-0.1, -0.05) is 30.5 Å². The molecule has 0 heterocycles. The number of hydrogen-bond acceptors (Lipinski definition) is 1. The zero-order valence-corrected chi connectivity index (χ0v) is 9.06. The van der Waals surface area contributed by atoms with Gasteiger partial charge in [-0.2, -0.15) is 0 Å². The van der Waals surface area contributed by atoms with Crippen molar-refractivity contribution in [2.45, 2.75) is 25.7 Å². The summed E-state index contributed by atoms with van der Waals surface area (Å²) < 4.78 is 13.3. The molecule has 0 aromatic heterocycles. The standard InChI is InChI=1S/C12H12ClFO/c13-9-2-1-3-10(14)12(9)11(15)7-6-8-4-5-8/h1-3,8H,4-7H2. The van der Waals surface area contributed by atoms with Crippen molar-refractivity contribution in [1.82, 2.24) is 0 Å². The smallest absolute Gasteiger partial charge is 0.167 e. The molecule has 0 amide bonds. The van der Waals surface area contributed by atoms with Gasteiger partial charge < -0.3 is 0 Å². The van der Waals surface area contributed by atoms with E-state index in [-0.39, 0.29) is 16.4 Å². The quantitative estimate of drug-likeness (QED) is 0.713. The molecule has 1 nitrogen and oxygen atoms in total. The number of halogens is 2. The second-order valence-electron chi connectivity index (χ2n) is 4.00. The average molecular weight is 227 g/mol. The molecule has 0 spiro atoms. The lowest BCUT2D eigenvalue weighted by Gasteiger charge is -2.04. The first-order valence-electron chi connectivity index (χ1n) is 5.15. The van der Waals surface area contributed by atoms with Crippen LogP contribution in [0, 0.1) is 11.7 Å². The third-order valence-corrected chi connectivity index (χ3v) is 3.03. The highest BCUT2D eigenvalue weighted by Gasteiger charge is 2.23. The summed E-state index contributed by atoms with van der Waals surface area (Å²) in [7, 11) is 0. The van der Waals surface area contributed by atoms with Gasteiger partial charge in [0.25, 0.3) is 0 Å². The van der Waals surface area contributed by atoms with Crippen LogP contribution in [0.4, 0.5) is 4.39 Å². The van der Waals surface area contributed by atoms with Gasteiger partial charge in [-0.05, 0) is 24.5 Å². The lowest BCUT2D eigenvalue weighted by Crippen LogP contribution is -2.03. The first-order chi connectivity index (χ1) is 7.18. The van der Waals surface area contributed by atoms with Crippen LogP contribution in [0.3, 0.4) is 0 Å². The van der Waals surface area contributed by atoms with Crippen molar-refractivity contribution in [1.29, 1.82) is 0 Å². The molecule has 80 valence electrons. The zero-order chi connectivity index (χ0) is 10.8. The van der Waals surface area contributed by atoms with E-state index in [1.807, 2.05) is 0 Å². The molecule has 1 aromatic rings. The van der Waals surface area contributed by atoms with Crippen LogP contribution in [0.2, 0.25) is 5.02 Å². The van der Waals surface area contributed by atoms with Gasteiger partial charge in [0.2, 0.25) is 0 Å². The van der Waals surface area contributed by atoms with E-state index in [2.05, 4.69) is 0 Å². The van der Waals surface area contributed by atoms with Crippen LogP contribution in [-0.2, 0) is 0 Å². The fourth-order valence-corrected chi connectivity index (χ4v) is 1.90. The van der Waals surface area contributed by atoms with Crippen molar-refractivity contribution in [3.05, 3.63) is 34.6 Å². The fourth-order valence-electron chi connectivity index (χ4n) is 1.63. The van der Waals surface area contributed by atoms with Crippen molar-refractivity contribution in [3.63, 3.8) is 0 Å². The Bertz CT molecular complexity index is 365. The van der Waals surface area contributed by atoms with Crippen LogP contribution in [0.1, 0.15) is 36.0 Å². The maximum atomic E-state index is 13.3. The number of Topliss-reactive ketones (excluding diaryl/α,β-unsaturated/α-hetero) is 1. The molecule has 0 saturated heterocycles. The minimum atomic E-state index is -0.511. The number of carbonyl (C=O) groups is 1. The van der Waals surface area contributed by atoms with Crippen LogP contribution in [0.5, 0.6) is 0 Å². The maximum Gasteiger partial charge on any atom is 0.167 e. The third-order valence-electron chi connectivity index (χ3n) is 2.72. The Labute approximate surface area is 93.2 Å². The van der Waals surface area contributed by atoms with Crippen molar-refractivity contribution in [3.8, 4) is 0 Å². The zero-order valence-electron chi connectivity index (χ0n) is 8.30. The summed E-state index contributed by atoms with van der Waals surface area (Å²) in [5.41, 5.74) is 0.0554. The normalized spacial score (nSPS) is 15.3. The monoisotopic (exact) mass is 226 g/mol. The molecule has 3 heteroatoms. The molecule has 0 aliphatic heterocycles. The summed E-state index contributed by atoms with van der Waals surface area (Å²) in [5.74, 6) is -0.00667. The Morgan fingerprint density at radius 1 is 1.47 bits per heavy atom.